The summed E-state index contributed by atoms with van der Waals surface area (Å²) in [4.78, 5) is 11.7. The second kappa shape index (κ2) is 7.39. The van der Waals surface area contributed by atoms with Crippen molar-refractivity contribution in [2.24, 2.45) is 0 Å². The largest absolute Gasteiger partial charge is 0.462 e. The molecule has 0 aliphatic heterocycles. The molecule has 116 valence electrons. The molecule has 1 atom stereocenters. The zero-order valence-corrected chi connectivity index (χ0v) is 13.6. The van der Waals surface area contributed by atoms with Crippen LogP contribution in [0.3, 0.4) is 0 Å². The van der Waals surface area contributed by atoms with Crippen LogP contribution in [0.15, 0.2) is 54.6 Å². The molecule has 22 heavy (non-hydrogen) atoms. The van der Waals surface area contributed by atoms with Crippen LogP contribution in [0.25, 0.3) is 0 Å². The molecule has 0 aliphatic carbocycles. The van der Waals surface area contributed by atoms with E-state index < -0.39 is 7.37 Å². The van der Waals surface area contributed by atoms with Crippen LogP contribution in [0.2, 0.25) is 0 Å². The average Bonchev–Trinajstić information content (AvgIpc) is 2.56. The summed E-state index contributed by atoms with van der Waals surface area (Å²) in [5, 5.41) is 1.20. The van der Waals surface area contributed by atoms with Crippen LogP contribution in [0.4, 0.5) is 0 Å². The molecule has 0 saturated carbocycles. The minimum atomic E-state index is -3.14. The Hall–Kier alpha value is -1.90. The summed E-state index contributed by atoms with van der Waals surface area (Å²) in [5.74, 6) is -0.389. The van der Waals surface area contributed by atoms with Crippen LogP contribution in [0.5, 0.6) is 0 Å². The molecule has 2 rings (SSSR count). The van der Waals surface area contributed by atoms with Crippen molar-refractivity contribution in [1.29, 1.82) is 0 Å². The number of carbonyl (C=O) groups is 1. The Kier molecular flexibility index (Phi) is 5.53. The Bertz CT molecular complexity index is 665. The number of rotatable bonds is 6. The van der Waals surface area contributed by atoms with Crippen molar-refractivity contribution in [3.63, 3.8) is 0 Å². The van der Waals surface area contributed by atoms with E-state index in [0.717, 1.165) is 0 Å². The van der Waals surface area contributed by atoms with E-state index >= 15 is 0 Å². The molecule has 2 aromatic rings. The normalized spacial score (nSPS) is 13.4. The molecule has 0 radical (unpaired) electrons. The molecule has 2 aromatic carbocycles. The molecule has 0 amide bonds. The Balaban J connectivity index is 2.38. The van der Waals surface area contributed by atoms with Gasteiger partial charge in [0.1, 0.15) is 0 Å². The highest BCUT2D eigenvalue weighted by Gasteiger charge is 2.28. The smallest absolute Gasteiger partial charge is 0.338 e. The first kappa shape index (κ1) is 16.5. The lowest BCUT2D eigenvalue weighted by atomic mass is 10.2. The van der Waals surface area contributed by atoms with E-state index in [9.17, 15) is 9.36 Å². The number of hydrogen-bond donors (Lipinski definition) is 0. The van der Waals surface area contributed by atoms with Crippen LogP contribution in [-0.2, 0) is 13.8 Å². The predicted octanol–water partition coefficient (Wildman–Crippen LogP) is 3.13. The number of carbonyl (C=O) groups excluding carboxylic acids is 1. The second-order valence-corrected chi connectivity index (χ2v) is 6.97. The standard InChI is InChI=1S/C17H19O4P/c1-3-20-17(18)14-10-12-16(13-11-14)22(19,21-4-2)15-8-6-5-7-9-15/h5-13H,3-4H2,1-2H3. The van der Waals surface area contributed by atoms with Crippen molar-refractivity contribution in [3.8, 4) is 0 Å². The van der Waals surface area contributed by atoms with Gasteiger partial charge in [-0.25, -0.2) is 4.79 Å². The first-order valence-corrected chi connectivity index (χ1v) is 8.82. The van der Waals surface area contributed by atoms with Crippen molar-refractivity contribution in [1.82, 2.24) is 0 Å². The molecule has 0 heterocycles. The third-order valence-corrected chi connectivity index (χ3v) is 5.70. The highest BCUT2D eigenvalue weighted by atomic mass is 31.2. The van der Waals surface area contributed by atoms with Crippen LogP contribution < -0.4 is 10.6 Å². The van der Waals surface area contributed by atoms with Crippen LogP contribution in [0.1, 0.15) is 24.2 Å². The van der Waals surface area contributed by atoms with Gasteiger partial charge in [-0.15, -0.1) is 0 Å². The lowest BCUT2D eigenvalue weighted by molar-refractivity contribution is 0.0526. The Morgan fingerprint density at radius 1 is 0.909 bits per heavy atom. The fourth-order valence-corrected chi connectivity index (χ4v) is 4.18. The summed E-state index contributed by atoms with van der Waals surface area (Å²) in [6.45, 7) is 4.22. The second-order valence-electron chi connectivity index (χ2n) is 4.57. The molecule has 0 spiro atoms. The first-order chi connectivity index (χ1) is 10.6. The molecule has 0 fully saturated rings. The maximum absolute atomic E-state index is 13.3. The summed E-state index contributed by atoms with van der Waals surface area (Å²) in [6, 6.07) is 15.6. The molecule has 0 saturated heterocycles. The van der Waals surface area contributed by atoms with E-state index in [1.165, 1.54) is 0 Å². The van der Waals surface area contributed by atoms with E-state index in [-0.39, 0.29) is 5.97 Å². The monoisotopic (exact) mass is 318 g/mol. The van der Waals surface area contributed by atoms with Gasteiger partial charge in [-0.05, 0) is 50.2 Å². The van der Waals surface area contributed by atoms with Crippen molar-refractivity contribution >= 4 is 23.9 Å². The Labute approximate surface area is 130 Å². The van der Waals surface area contributed by atoms with Gasteiger partial charge in [-0.1, -0.05) is 18.2 Å². The molecule has 0 aromatic heterocycles. The molecule has 0 N–H and O–H groups in total. The molecule has 0 bridgehead atoms. The van der Waals surface area contributed by atoms with E-state index in [4.69, 9.17) is 9.26 Å². The van der Waals surface area contributed by atoms with E-state index in [1.807, 2.05) is 25.1 Å². The van der Waals surface area contributed by atoms with Crippen LogP contribution in [-0.4, -0.2) is 19.2 Å². The van der Waals surface area contributed by atoms with Gasteiger partial charge in [0.05, 0.1) is 18.8 Å². The van der Waals surface area contributed by atoms with Gasteiger partial charge in [0.25, 0.3) is 7.37 Å². The van der Waals surface area contributed by atoms with Crippen LogP contribution in [0, 0.1) is 0 Å². The summed E-state index contributed by atoms with van der Waals surface area (Å²) >= 11 is 0. The third-order valence-electron chi connectivity index (χ3n) is 3.13. The molecular formula is C17H19O4P. The topological polar surface area (TPSA) is 52.6 Å². The van der Waals surface area contributed by atoms with Crippen LogP contribution >= 0.6 is 7.37 Å². The van der Waals surface area contributed by atoms with Gasteiger partial charge in [0.15, 0.2) is 0 Å². The van der Waals surface area contributed by atoms with E-state index in [1.54, 1.807) is 43.3 Å². The molecule has 4 nitrogen and oxygen atoms in total. The fourth-order valence-electron chi connectivity index (χ4n) is 2.11. The van der Waals surface area contributed by atoms with Crippen molar-refractivity contribution in [2.45, 2.75) is 13.8 Å². The van der Waals surface area contributed by atoms with Gasteiger partial charge in [-0.2, -0.15) is 0 Å². The lowest BCUT2D eigenvalue weighted by Crippen LogP contribution is -2.18. The highest BCUT2D eigenvalue weighted by Crippen LogP contribution is 2.44. The highest BCUT2D eigenvalue weighted by molar-refractivity contribution is 7.74. The van der Waals surface area contributed by atoms with Crippen molar-refractivity contribution < 1.29 is 18.6 Å². The molecule has 0 aliphatic rings. The van der Waals surface area contributed by atoms with Gasteiger partial charge < -0.3 is 9.26 Å². The maximum atomic E-state index is 13.3. The third kappa shape index (κ3) is 3.46. The average molecular weight is 318 g/mol. The lowest BCUT2D eigenvalue weighted by Gasteiger charge is -2.18. The van der Waals surface area contributed by atoms with Gasteiger partial charge in [0.2, 0.25) is 0 Å². The van der Waals surface area contributed by atoms with Gasteiger partial charge >= 0.3 is 5.97 Å². The van der Waals surface area contributed by atoms with Crippen molar-refractivity contribution in [2.75, 3.05) is 13.2 Å². The molecule has 5 heteroatoms. The minimum absolute atomic E-state index is 0.321. The number of hydrogen-bond acceptors (Lipinski definition) is 4. The SMILES string of the molecule is CCOC(=O)c1ccc(P(=O)(OCC)c2ccccc2)cc1. The molecular weight excluding hydrogens is 299 g/mol. The first-order valence-electron chi connectivity index (χ1n) is 7.19. The van der Waals surface area contributed by atoms with Crippen molar-refractivity contribution in [3.05, 3.63) is 60.2 Å². The zero-order valence-electron chi connectivity index (χ0n) is 12.7. The summed E-state index contributed by atoms with van der Waals surface area (Å²) in [7, 11) is -3.14. The summed E-state index contributed by atoms with van der Waals surface area (Å²) < 4.78 is 23.8. The Morgan fingerprint density at radius 3 is 2.05 bits per heavy atom. The minimum Gasteiger partial charge on any atom is -0.462 e. The predicted molar refractivity (Wildman–Crippen MR) is 87.3 cm³/mol. The van der Waals surface area contributed by atoms with E-state index in [2.05, 4.69) is 0 Å². The summed E-state index contributed by atoms with van der Waals surface area (Å²) in [6.07, 6.45) is 0. The number of benzene rings is 2. The number of ether oxygens (including phenoxy) is 1. The maximum Gasteiger partial charge on any atom is 0.338 e. The Morgan fingerprint density at radius 2 is 1.50 bits per heavy atom. The van der Waals surface area contributed by atoms with E-state index in [0.29, 0.717) is 29.4 Å². The molecule has 1 unspecified atom stereocenters. The number of esters is 1. The zero-order chi connectivity index (χ0) is 16.0. The van der Waals surface area contributed by atoms with Gasteiger partial charge in [0, 0.05) is 10.6 Å². The van der Waals surface area contributed by atoms with Gasteiger partial charge in [-0.3, -0.25) is 4.57 Å². The quantitative estimate of drug-likeness (QED) is 0.606. The summed E-state index contributed by atoms with van der Waals surface area (Å²) in [5.41, 5.74) is 0.432. The fraction of sp³-hybridized carbons (Fsp3) is 0.235.